The van der Waals surface area contributed by atoms with Crippen LogP contribution in [-0.2, 0) is 37.2 Å². The molecule has 5 aromatic carbocycles. The number of hydrogen-bond acceptors (Lipinski definition) is 0. The fraction of sp³-hybridized carbons (Fsp3) is 0.208. The van der Waals surface area contributed by atoms with E-state index in [0.29, 0.717) is 5.66 Å². The molecule has 5 aromatic rings. The SMILES string of the molecule is C1=CCCC=CCC1.Cc1cc(C)cc([PH+](c2cc(C)cc(C)c2)C(C)C2=CC=CC2=[PH](c2ccccc2)c2ccccc2)c1.[Fe].[Ir].c1cc[cH-]c1. The fourth-order valence-electron chi connectivity index (χ4n) is 6.99. The molecule has 0 spiro atoms. The maximum atomic E-state index is 2.48. The van der Waals surface area contributed by atoms with Gasteiger partial charge in [0.2, 0.25) is 0 Å². The molecule has 2 aliphatic rings. The first-order valence-corrected chi connectivity index (χ1v) is 21.2. The van der Waals surface area contributed by atoms with E-state index in [9.17, 15) is 0 Å². The molecule has 0 amide bonds. The van der Waals surface area contributed by atoms with E-state index < -0.39 is 15.5 Å². The number of rotatable bonds is 6. The van der Waals surface area contributed by atoms with Gasteiger partial charge in [-0.2, -0.15) is 18.2 Å². The topological polar surface area (TPSA) is 0 Å². The van der Waals surface area contributed by atoms with E-state index >= 15 is 0 Å². The van der Waals surface area contributed by atoms with Gasteiger partial charge in [-0.15, -0.1) is 0 Å². The molecule has 0 bridgehead atoms. The normalized spacial score (nSPS) is 13.8. The summed E-state index contributed by atoms with van der Waals surface area (Å²) in [4.78, 5) is 0. The molecule has 0 heterocycles. The Labute approximate surface area is 340 Å². The van der Waals surface area contributed by atoms with Gasteiger partial charge in [-0.25, -0.2) is 12.1 Å². The van der Waals surface area contributed by atoms with Crippen LogP contribution < -0.4 is 21.2 Å². The average Bonchev–Trinajstić information content (AvgIpc) is 3.82. The van der Waals surface area contributed by atoms with Crippen LogP contribution in [0.25, 0.3) is 0 Å². The van der Waals surface area contributed by atoms with Crippen molar-refractivity contribution in [2.24, 2.45) is 0 Å². The van der Waals surface area contributed by atoms with Crippen molar-refractivity contribution in [1.82, 2.24) is 0 Å². The smallest absolute Gasteiger partial charge is 0.0995 e. The molecule has 2 aliphatic carbocycles. The van der Waals surface area contributed by atoms with Gasteiger partial charge >= 0.3 is 0 Å². The predicted molar refractivity (Wildman–Crippen MR) is 230 cm³/mol. The number of allylic oxidation sites excluding steroid dienone is 8. The number of benzene rings is 4. The zero-order valence-corrected chi connectivity index (χ0v) is 36.8. The second kappa shape index (κ2) is 23.0. The average molecular weight is 941 g/mol. The summed E-state index contributed by atoms with van der Waals surface area (Å²) in [6.07, 6.45) is 21.1. The largest absolute Gasteiger partial charge is 0.214 e. The van der Waals surface area contributed by atoms with Gasteiger partial charge in [0, 0.05) is 42.7 Å². The number of hydrogen-bond donors (Lipinski definition) is 0. The Morgan fingerprint density at radius 3 is 1.35 bits per heavy atom. The minimum Gasteiger partial charge on any atom is -0.214 e. The Morgan fingerprint density at radius 2 is 0.981 bits per heavy atom. The van der Waals surface area contributed by atoms with E-state index in [1.54, 1.807) is 0 Å². The van der Waals surface area contributed by atoms with Gasteiger partial charge in [-0.1, -0.05) is 123 Å². The van der Waals surface area contributed by atoms with E-state index in [1.165, 1.54) is 80.0 Å². The van der Waals surface area contributed by atoms with Crippen LogP contribution in [0.4, 0.5) is 0 Å². The molecule has 4 heteroatoms. The van der Waals surface area contributed by atoms with E-state index in [4.69, 9.17) is 0 Å². The van der Waals surface area contributed by atoms with Gasteiger partial charge in [0.1, 0.15) is 0 Å². The zero-order valence-electron chi connectivity index (χ0n) is 31.3. The van der Waals surface area contributed by atoms with Crippen molar-refractivity contribution in [1.29, 1.82) is 0 Å². The maximum Gasteiger partial charge on any atom is 0.0995 e. The third-order valence-corrected chi connectivity index (χ3v) is 14.9. The molecule has 0 aliphatic heterocycles. The van der Waals surface area contributed by atoms with Crippen LogP contribution in [0.15, 0.2) is 175 Å². The Morgan fingerprint density at radius 1 is 0.577 bits per heavy atom. The molecule has 0 saturated carbocycles. The molecule has 0 saturated heterocycles. The summed E-state index contributed by atoms with van der Waals surface area (Å²) in [5.41, 5.74) is 7.38. The molecule has 273 valence electrons. The van der Waals surface area contributed by atoms with Crippen LogP contribution in [0, 0.1) is 27.7 Å². The van der Waals surface area contributed by atoms with Crippen LogP contribution in [0.2, 0.25) is 0 Å². The number of aryl methyl sites for hydroxylation is 4. The van der Waals surface area contributed by atoms with Crippen LogP contribution in [-0.4, -0.2) is 11.0 Å². The van der Waals surface area contributed by atoms with Gasteiger partial charge < -0.3 is 0 Å². The van der Waals surface area contributed by atoms with Crippen molar-refractivity contribution in [3.63, 3.8) is 0 Å². The quantitative estimate of drug-likeness (QED) is 0.0689. The van der Waals surface area contributed by atoms with Crippen molar-refractivity contribution in [2.45, 2.75) is 66.0 Å². The van der Waals surface area contributed by atoms with Crippen LogP contribution in [0.3, 0.4) is 0 Å². The molecule has 1 unspecified atom stereocenters. The van der Waals surface area contributed by atoms with E-state index in [2.05, 4.69) is 174 Å². The molecule has 1 radical (unpaired) electrons. The van der Waals surface area contributed by atoms with Gasteiger partial charge in [-0.05, 0) is 123 Å². The predicted octanol–water partition coefficient (Wildman–Crippen LogP) is 11.1. The van der Waals surface area contributed by atoms with Crippen molar-refractivity contribution in [2.75, 3.05) is 0 Å². The molecule has 0 aromatic heterocycles. The van der Waals surface area contributed by atoms with Crippen LogP contribution in [0.5, 0.6) is 0 Å². The first kappa shape index (κ1) is 43.5. The molecule has 1 atom stereocenters. The van der Waals surface area contributed by atoms with Crippen molar-refractivity contribution < 1.29 is 37.2 Å². The fourth-order valence-corrected chi connectivity index (χ4v) is 13.4. The van der Waals surface area contributed by atoms with E-state index in [1.807, 2.05) is 30.3 Å². The Bertz CT molecular complexity index is 1770. The van der Waals surface area contributed by atoms with E-state index in [0.717, 1.165) is 0 Å². The summed E-state index contributed by atoms with van der Waals surface area (Å²) in [6, 6.07) is 46.7. The monoisotopic (exact) mass is 941 g/mol. The Hall–Kier alpha value is -2.91. The third kappa shape index (κ3) is 12.9. The second-order valence-corrected chi connectivity index (χ2v) is 18.7. The zero-order chi connectivity index (χ0) is 35.1. The first-order valence-electron chi connectivity index (χ1n) is 18.2. The summed E-state index contributed by atoms with van der Waals surface area (Å²) in [7, 11) is -2.21. The molecule has 7 rings (SSSR count). The van der Waals surface area contributed by atoms with Gasteiger partial charge in [0.15, 0.2) is 0 Å². The minimum atomic E-state index is -1.12. The van der Waals surface area contributed by atoms with Gasteiger partial charge in [0.05, 0.1) is 24.2 Å². The molecular formula is C48H54FeIrP2. The Balaban J connectivity index is 0.000000408. The summed E-state index contributed by atoms with van der Waals surface area (Å²) < 4.78 is 0. The molecule has 0 fully saturated rings. The van der Waals surface area contributed by atoms with Crippen molar-refractivity contribution in [3.05, 3.63) is 198 Å². The molecule has 0 nitrogen and oxygen atoms in total. The van der Waals surface area contributed by atoms with Crippen LogP contribution in [0.1, 0.15) is 54.9 Å². The van der Waals surface area contributed by atoms with Crippen molar-refractivity contribution in [3.8, 4) is 0 Å². The maximum absolute atomic E-state index is 2.48. The molecule has 52 heavy (non-hydrogen) atoms. The minimum absolute atomic E-state index is 0. The standard InChI is InChI=1S/C35H36P2.C8H12.C5H5.Fe.Ir/c1-25-19-26(2)22-32(21-25)36(33-23-27(3)20-28(4)24-33)29(5)34-17-12-18-35(34)37(30-13-8-6-9-14-30)31-15-10-7-11-16-31;1-2-4-6-8-7-5-3-1;1-2-4-5-3-1;;/h6-24,29,37H,1-5H3;1-2,7-8H,3-6H2;1-5H;;/q;;-1;;/p+1. The molecular weight excluding hydrogens is 887 g/mol. The van der Waals surface area contributed by atoms with Gasteiger partial charge in [-0.3, -0.25) is 0 Å². The Kier molecular flexibility index (Phi) is 19.2. The second-order valence-electron chi connectivity index (χ2n) is 13.4. The summed E-state index contributed by atoms with van der Waals surface area (Å²) in [5.74, 6) is 0. The van der Waals surface area contributed by atoms with Crippen molar-refractivity contribution >= 4 is 42.0 Å². The van der Waals surface area contributed by atoms with E-state index in [-0.39, 0.29) is 37.2 Å². The van der Waals surface area contributed by atoms with Crippen LogP contribution >= 0.6 is 15.5 Å². The van der Waals surface area contributed by atoms with Gasteiger partial charge in [0.25, 0.3) is 0 Å². The molecule has 0 N–H and O–H groups in total. The third-order valence-electron chi connectivity index (χ3n) is 9.10. The summed E-state index contributed by atoms with van der Waals surface area (Å²) in [5, 5.41) is 7.46. The summed E-state index contributed by atoms with van der Waals surface area (Å²) >= 11 is 0. The first-order chi connectivity index (χ1) is 24.4. The summed E-state index contributed by atoms with van der Waals surface area (Å²) in [6.45, 7) is 11.4.